The molecule has 2 aromatic carbocycles. The summed E-state index contributed by atoms with van der Waals surface area (Å²) in [4.78, 5) is 4.54. The van der Waals surface area contributed by atoms with Gasteiger partial charge in [0.05, 0.1) is 30.2 Å². The predicted molar refractivity (Wildman–Crippen MR) is 139 cm³/mol. The monoisotopic (exact) mass is 507 g/mol. The number of rotatable bonds is 6. The van der Waals surface area contributed by atoms with Crippen LogP contribution in [-0.2, 0) is 6.54 Å². The van der Waals surface area contributed by atoms with Crippen LogP contribution in [0.25, 0.3) is 10.9 Å². The second-order valence-corrected chi connectivity index (χ2v) is 10.7. The molecule has 3 aliphatic rings. The van der Waals surface area contributed by atoms with Crippen LogP contribution in [0.2, 0.25) is 5.02 Å². The summed E-state index contributed by atoms with van der Waals surface area (Å²) < 4.78 is 17.5. The van der Waals surface area contributed by atoms with Crippen LogP contribution in [0.15, 0.2) is 55.3 Å². The van der Waals surface area contributed by atoms with E-state index in [1.165, 1.54) is 0 Å². The Morgan fingerprint density at radius 1 is 1.19 bits per heavy atom. The highest BCUT2D eigenvalue weighted by atomic mass is 35.5. The molecule has 0 saturated carbocycles. The molecule has 5 unspecified atom stereocenters. The van der Waals surface area contributed by atoms with Crippen LogP contribution < -0.4 is 14.2 Å². The van der Waals surface area contributed by atoms with Crippen LogP contribution in [-0.4, -0.2) is 47.1 Å². The molecule has 4 heterocycles. The highest BCUT2D eigenvalue weighted by molar-refractivity contribution is 6.31. The van der Waals surface area contributed by atoms with Crippen molar-refractivity contribution in [2.45, 2.75) is 50.4 Å². The van der Waals surface area contributed by atoms with Gasteiger partial charge in [0.25, 0.3) is 0 Å². The number of pyridine rings is 1. The van der Waals surface area contributed by atoms with Gasteiger partial charge in [0, 0.05) is 42.5 Å². The number of aliphatic hydroxyl groups is 1. The standard InChI is InChI=1S/C29H32ClN2O4/c1-3-18-4-7-26(29(33)22-8-10-31-25-6-5-21(34-2)14-23(22)25)32(11-9-20(32)12-18)16-19-13-27-28(15-24(19)30)36-17-35-27/h3,5-6,8,10,13-15,18,20,26,29,33H,1,4,7,9,11-12,16-17H2,2H3/q+1. The topological polar surface area (TPSA) is 60.8 Å². The molecule has 0 radical (unpaired) electrons. The van der Waals surface area contributed by atoms with E-state index in [9.17, 15) is 5.11 Å². The number of aliphatic hydroxyl groups excluding tert-OH is 1. The Balaban J connectivity index is 1.43. The maximum atomic E-state index is 12.1. The summed E-state index contributed by atoms with van der Waals surface area (Å²) in [6.07, 6.45) is 7.39. The molecule has 188 valence electrons. The van der Waals surface area contributed by atoms with E-state index in [0.29, 0.717) is 22.7 Å². The van der Waals surface area contributed by atoms with Crippen LogP contribution in [0.1, 0.15) is 42.9 Å². The predicted octanol–water partition coefficient (Wildman–Crippen LogP) is 5.80. The van der Waals surface area contributed by atoms with Gasteiger partial charge in [-0.3, -0.25) is 4.98 Å². The number of aromatic nitrogens is 1. The number of allylic oxidation sites excluding steroid dienone is 1. The fraction of sp³-hybridized carbons (Fsp3) is 0.414. The van der Waals surface area contributed by atoms with Crippen molar-refractivity contribution in [3.05, 3.63) is 71.4 Å². The first kappa shape index (κ1) is 23.6. The minimum Gasteiger partial charge on any atom is -0.497 e. The Kier molecular flexibility index (Phi) is 6.06. The van der Waals surface area contributed by atoms with Crippen molar-refractivity contribution in [2.24, 2.45) is 5.92 Å². The van der Waals surface area contributed by atoms with Gasteiger partial charge in [-0.25, -0.2) is 0 Å². The van der Waals surface area contributed by atoms with E-state index >= 15 is 0 Å². The largest absolute Gasteiger partial charge is 0.497 e. The number of benzene rings is 2. The lowest BCUT2D eigenvalue weighted by Crippen LogP contribution is -2.69. The Morgan fingerprint density at radius 2 is 2.03 bits per heavy atom. The minimum atomic E-state index is -0.651. The number of methoxy groups -OCH3 is 1. The van der Waals surface area contributed by atoms with Gasteiger partial charge in [-0.1, -0.05) is 17.7 Å². The third kappa shape index (κ3) is 3.83. The molecule has 0 amide bonds. The summed E-state index contributed by atoms with van der Waals surface area (Å²) >= 11 is 6.77. The van der Waals surface area contributed by atoms with Crippen LogP contribution >= 0.6 is 11.6 Å². The van der Waals surface area contributed by atoms with Crippen molar-refractivity contribution in [2.75, 3.05) is 20.4 Å². The molecular formula is C29H32ClN2O4+. The van der Waals surface area contributed by atoms with Crippen LogP contribution in [0.5, 0.6) is 17.2 Å². The van der Waals surface area contributed by atoms with Gasteiger partial charge in [0.2, 0.25) is 6.79 Å². The molecule has 3 aliphatic heterocycles. The normalized spacial score (nSPS) is 27.6. The Morgan fingerprint density at radius 3 is 2.78 bits per heavy atom. The maximum Gasteiger partial charge on any atom is 0.231 e. The van der Waals surface area contributed by atoms with Gasteiger partial charge in [0.1, 0.15) is 24.4 Å². The summed E-state index contributed by atoms with van der Waals surface area (Å²) in [5, 5.41) is 13.7. The third-order valence-corrected chi connectivity index (χ3v) is 9.03. The van der Waals surface area contributed by atoms with E-state index in [1.807, 2.05) is 36.4 Å². The molecule has 3 aromatic rings. The van der Waals surface area contributed by atoms with Crippen molar-refractivity contribution in [1.29, 1.82) is 0 Å². The third-order valence-electron chi connectivity index (χ3n) is 8.68. The Hall–Kier alpha value is -2.80. The number of nitrogens with zero attached hydrogens (tertiary/aromatic N) is 2. The minimum absolute atomic E-state index is 0.0204. The Bertz CT molecular complexity index is 1310. The van der Waals surface area contributed by atoms with Gasteiger partial charge in [0.15, 0.2) is 11.5 Å². The SMILES string of the molecule is C=CC1CCC(C(O)c2ccnc3ccc(OC)cc23)[N+]2(Cc3cc4c(cc3Cl)OCO4)CCC2C1. The van der Waals surface area contributed by atoms with Crippen LogP contribution in [0.3, 0.4) is 0 Å². The van der Waals surface area contributed by atoms with E-state index in [2.05, 4.69) is 17.6 Å². The number of hydrogen-bond donors (Lipinski definition) is 1. The van der Waals surface area contributed by atoms with Crippen molar-refractivity contribution < 1.29 is 23.8 Å². The van der Waals surface area contributed by atoms with Crippen molar-refractivity contribution in [3.63, 3.8) is 0 Å². The lowest BCUT2D eigenvalue weighted by molar-refractivity contribution is -1.02. The van der Waals surface area contributed by atoms with E-state index < -0.39 is 6.10 Å². The average Bonchev–Trinajstić information content (AvgIpc) is 3.31. The summed E-state index contributed by atoms with van der Waals surface area (Å²) in [7, 11) is 1.66. The van der Waals surface area contributed by atoms with E-state index in [-0.39, 0.29) is 12.8 Å². The zero-order valence-corrected chi connectivity index (χ0v) is 21.3. The number of quaternary nitrogens is 1. The molecule has 0 bridgehead atoms. The second kappa shape index (κ2) is 9.25. The molecule has 7 heteroatoms. The van der Waals surface area contributed by atoms with E-state index in [4.69, 9.17) is 25.8 Å². The lowest BCUT2D eigenvalue weighted by Gasteiger charge is -2.57. The molecule has 5 atom stereocenters. The molecule has 0 spiro atoms. The number of fused-ring (bicyclic) bond motifs is 3. The van der Waals surface area contributed by atoms with Gasteiger partial charge >= 0.3 is 0 Å². The van der Waals surface area contributed by atoms with Crippen molar-refractivity contribution in [1.82, 2.24) is 4.98 Å². The highest BCUT2D eigenvalue weighted by Crippen LogP contribution is 2.49. The molecule has 2 fully saturated rings. The zero-order valence-electron chi connectivity index (χ0n) is 20.5. The van der Waals surface area contributed by atoms with E-state index in [1.54, 1.807) is 13.3 Å². The fourth-order valence-corrected chi connectivity index (χ4v) is 6.85. The second-order valence-electron chi connectivity index (χ2n) is 10.3. The van der Waals surface area contributed by atoms with Gasteiger partial charge in [-0.05, 0) is 48.2 Å². The van der Waals surface area contributed by atoms with Crippen molar-refractivity contribution >= 4 is 22.5 Å². The molecule has 6 nitrogen and oxygen atoms in total. The quantitative estimate of drug-likeness (QED) is 0.337. The van der Waals surface area contributed by atoms with Crippen LogP contribution in [0, 0.1) is 5.92 Å². The number of hydrogen-bond acceptors (Lipinski definition) is 5. The first-order valence-electron chi connectivity index (χ1n) is 12.7. The molecule has 1 N–H and O–H groups in total. The van der Waals surface area contributed by atoms with Crippen LogP contribution in [0.4, 0.5) is 0 Å². The number of halogens is 1. The van der Waals surface area contributed by atoms with Gasteiger partial charge in [-0.2, -0.15) is 0 Å². The number of ether oxygens (including phenoxy) is 3. The summed E-state index contributed by atoms with van der Waals surface area (Å²) in [5.74, 6) is 2.65. The van der Waals surface area contributed by atoms with Crippen molar-refractivity contribution in [3.8, 4) is 17.2 Å². The molecule has 1 aromatic heterocycles. The van der Waals surface area contributed by atoms with Gasteiger partial charge < -0.3 is 23.8 Å². The molecule has 2 saturated heterocycles. The maximum absolute atomic E-state index is 12.1. The highest BCUT2D eigenvalue weighted by Gasteiger charge is 2.55. The molecule has 0 aliphatic carbocycles. The summed E-state index contributed by atoms with van der Waals surface area (Å²) in [6.45, 7) is 6.09. The average molecular weight is 508 g/mol. The zero-order chi connectivity index (χ0) is 24.9. The van der Waals surface area contributed by atoms with E-state index in [0.717, 1.165) is 76.8 Å². The lowest BCUT2D eigenvalue weighted by atomic mass is 9.85. The van der Waals surface area contributed by atoms with Gasteiger partial charge in [-0.15, -0.1) is 6.58 Å². The fourth-order valence-electron chi connectivity index (χ4n) is 6.63. The molecule has 36 heavy (non-hydrogen) atoms. The smallest absolute Gasteiger partial charge is 0.231 e. The first-order chi connectivity index (χ1) is 17.5. The Labute approximate surface area is 216 Å². The first-order valence-corrected chi connectivity index (χ1v) is 13.1. The molecular weight excluding hydrogens is 476 g/mol. The molecule has 6 rings (SSSR count). The summed E-state index contributed by atoms with van der Waals surface area (Å²) in [5.41, 5.74) is 2.80. The summed E-state index contributed by atoms with van der Waals surface area (Å²) in [6, 6.07) is 12.2.